The summed E-state index contributed by atoms with van der Waals surface area (Å²) in [6.07, 6.45) is 4.34. The van der Waals surface area contributed by atoms with Crippen molar-refractivity contribution >= 4 is 21.7 Å². The zero-order valence-corrected chi connectivity index (χ0v) is 13.0. The number of nitrogens with one attached hydrogen (secondary N) is 1. The molecule has 1 aliphatic heterocycles. The van der Waals surface area contributed by atoms with E-state index in [2.05, 4.69) is 43.3 Å². The summed E-state index contributed by atoms with van der Waals surface area (Å²) in [5.74, 6) is 1.87. The molecule has 1 saturated heterocycles. The first-order valence-corrected chi connectivity index (χ1v) is 7.65. The number of aromatic nitrogens is 1. The second kappa shape index (κ2) is 7.82. The molecule has 1 aliphatic rings. The molecule has 0 spiro atoms. The summed E-state index contributed by atoms with van der Waals surface area (Å²) in [5.41, 5.74) is 0. The van der Waals surface area contributed by atoms with E-state index in [1.165, 1.54) is 12.8 Å². The fourth-order valence-electron chi connectivity index (χ4n) is 2.40. The highest BCUT2D eigenvalue weighted by atomic mass is 79.9. The number of methoxy groups -OCH3 is 1. The number of hydrogen-bond donors (Lipinski definition) is 1. The Bertz CT molecular complexity index is 363. The molecule has 0 atom stereocenters. The first-order valence-electron chi connectivity index (χ1n) is 6.85. The zero-order chi connectivity index (χ0) is 13.5. The quantitative estimate of drug-likeness (QED) is 0.813. The number of pyridine rings is 1. The Balaban J connectivity index is 1.71. The molecule has 1 fully saturated rings. The number of nitrogens with zero attached hydrogens (tertiary/aromatic N) is 2. The third-order valence-electron chi connectivity index (χ3n) is 3.57. The molecule has 1 N–H and O–H groups in total. The van der Waals surface area contributed by atoms with E-state index in [-0.39, 0.29) is 0 Å². The molecule has 106 valence electrons. The Morgan fingerprint density at radius 3 is 2.84 bits per heavy atom. The van der Waals surface area contributed by atoms with Crippen molar-refractivity contribution in [2.75, 3.05) is 44.8 Å². The van der Waals surface area contributed by atoms with Gasteiger partial charge in [-0.05, 0) is 53.4 Å². The molecule has 0 aliphatic carbocycles. The molecular formula is C14H22BrN3O. The van der Waals surface area contributed by atoms with Gasteiger partial charge in [-0.2, -0.15) is 0 Å². The Kier molecular flexibility index (Phi) is 6.07. The molecule has 0 amide bonds. The van der Waals surface area contributed by atoms with Crippen LogP contribution in [-0.2, 0) is 4.74 Å². The lowest BCUT2D eigenvalue weighted by molar-refractivity contribution is 0.197. The van der Waals surface area contributed by atoms with Crippen LogP contribution in [0.25, 0.3) is 0 Å². The van der Waals surface area contributed by atoms with Crippen LogP contribution in [-0.4, -0.2) is 44.9 Å². The van der Waals surface area contributed by atoms with E-state index in [0.717, 1.165) is 49.0 Å². The average Bonchev–Trinajstić information content (AvgIpc) is 2.45. The number of ether oxygens (including phenoxy) is 1. The minimum atomic E-state index is 0.781. The van der Waals surface area contributed by atoms with Crippen molar-refractivity contribution < 1.29 is 4.74 Å². The highest BCUT2D eigenvalue weighted by Gasteiger charge is 2.19. The maximum atomic E-state index is 5.03. The van der Waals surface area contributed by atoms with Crippen molar-refractivity contribution in [2.45, 2.75) is 12.8 Å². The number of hydrogen-bond acceptors (Lipinski definition) is 4. The van der Waals surface area contributed by atoms with E-state index >= 15 is 0 Å². The summed E-state index contributed by atoms with van der Waals surface area (Å²) in [6, 6.07) is 4.14. The SMILES string of the molecule is COCCNCC1CCN(c2ccc(Br)cn2)CC1. The standard InChI is InChI=1S/C14H22BrN3O/c1-19-9-6-16-10-12-4-7-18(8-5-12)14-3-2-13(15)11-17-14/h2-3,11-12,16H,4-10H2,1H3. The van der Waals surface area contributed by atoms with Crippen LogP contribution in [0.1, 0.15) is 12.8 Å². The summed E-state index contributed by atoms with van der Waals surface area (Å²) in [6.45, 7) is 5.05. The zero-order valence-electron chi connectivity index (χ0n) is 11.4. The van der Waals surface area contributed by atoms with Gasteiger partial charge in [-0.15, -0.1) is 0 Å². The highest BCUT2D eigenvalue weighted by molar-refractivity contribution is 9.10. The third-order valence-corrected chi connectivity index (χ3v) is 4.04. The minimum absolute atomic E-state index is 0.781. The van der Waals surface area contributed by atoms with Gasteiger partial charge in [0.2, 0.25) is 0 Å². The van der Waals surface area contributed by atoms with Crippen LogP contribution in [0.15, 0.2) is 22.8 Å². The molecule has 19 heavy (non-hydrogen) atoms. The van der Waals surface area contributed by atoms with E-state index in [4.69, 9.17) is 4.74 Å². The van der Waals surface area contributed by atoms with Gasteiger partial charge >= 0.3 is 0 Å². The molecule has 0 saturated carbocycles. The number of piperidine rings is 1. The van der Waals surface area contributed by atoms with Crippen LogP contribution in [0.3, 0.4) is 0 Å². The fraction of sp³-hybridized carbons (Fsp3) is 0.643. The molecule has 0 radical (unpaired) electrons. The number of rotatable bonds is 6. The van der Waals surface area contributed by atoms with Crippen molar-refractivity contribution in [1.82, 2.24) is 10.3 Å². The van der Waals surface area contributed by atoms with Gasteiger partial charge in [0.25, 0.3) is 0 Å². The van der Waals surface area contributed by atoms with Gasteiger partial charge in [0.1, 0.15) is 5.82 Å². The molecule has 0 bridgehead atoms. The Hall–Kier alpha value is -0.650. The summed E-state index contributed by atoms with van der Waals surface area (Å²) < 4.78 is 6.07. The van der Waals surface area contributed by atoms with Gasteiger partial charge in [0.05, 0.1) is 6.61 Å². The second-order valence-corrected chi connectivity index (χ2v) is 5.88. The van der Waals surface area contributed by atoms with Crippen LogP contribution in [0, 0.1) is 5.92 Å². The first-order chi connectivity index (χ1) is 9.29. The Labute approximate surface area is 123 Å². The van der Waals surface area contributed by atoms with Crippen LogP contribution in [0.4, 0.5) is 5.82 Å². The maximum Gasteiger partial charge on any atom is 0.128 e. The van der Waals surface area contributed by atoms with Crippen molar-refractivity contribution in [1.29, 1.82) is 0 Å². The van der Waals surface area contributed by atoms with Crippen LogP contribution in [0.5, 0.6) is 0 Å². The van der Waals surface area contributed by atoms with Crippen LogP contribution >= 0.6 is 15.9 Å². The number of anilines is 1. The van der Waals surface area contributed by atoms with Crippen molar-refractivity contribution in [3.05, 3.63) is 22.8 Å². The second-order valence-electron chi connectivity index (χ2n) is 4.96. The molecule has 2 heterocycles. The first kappa shape index (κ1) is 14.8. The third kappa shape index (κ3) is 4.75. The summed E-state index contributed by atoms with van der Waals surface area (Å²) in [5, 5.41) is 3.45. The van der Waals surface area contributed by atoms with Gasteiger partial charge in [0.15, 0.2) is 0 Å². The van der Waals surface area contributed by atoms with Gasteiger partial charge in [-0.25, -0.2) is 4.98 Å². The predicted molar refractivity (Wildman–Crippen MR) is 81.6 cm³/mol. The normalized spacial score (nSPS) is 16.8. The van der Waals surface area contributed by atoms with Gasteiger partial charge in [0, 0.05) is 37.4 Å². The molecule has 2 rings (SSSR count). The predicted octanol–water partition coefficient (Wildman–Crippen LogP) is 2.30. The molecule has 1 aromatic heterocycles. The van der Waals surface area contributed by atoms with E-state index in [1.54, 1.807) is 7.11 Å². The van der Waals surface area contributed by atoms with Crippen LogP contribution < -0.4 is 10.2 Å². The van der Waals surface area contributed by atoms with Gasteiger partial charge in [-0.1, -0.05) is 0 Å². The lowest BCUT2D eigenvalue weighted by Gasteiger charge is -2.33. The smallest absolute Gasteiger partial charge is 0.128 e. The molecular weight excluding hydrogens is 306 g/mol. The maximum absolute atomic E-state index is 5.03. The largest absolute Gasteiger partial charge is 0.383 e. The Morgan fingerprint density at radius 2 is 2.21 bits per heavy atom. The van der Waals surface area contributed by atoms with Crippen LogP contribution in [0.2, 0.25) is 0 Å². The van der Waals surface area contributed by atoms with Crippen molar-refractivity contribution in [2.24, 2.45) is 5.92 Å². The van der Waals surface area contributed by atoms with E-state index in [0.29, 0.717) is 0 Å². The lowest BCUT2D eigenvalue weighted by Crippen LogP contribution is -2.38. The van der Waals surface area contributed by atoms with Crippen molar-refractivity contribution in [3.8, 4) is 0 Å². The van der Waals surface area contributed by atoms with E-state index < -0.39 is 0 Å². The molecule has 0 aromatic carbocycles. The van der Waals surface area contributed by atoms with E-state index in [1.807, 2.05) is 6.20 Å². The fourth-order valence-corrected chi connectivity index (χ4v) is 2.64. The van der Waals surface area contributed by atoms with E-state index in [9.17, 15) is 0 Å². The summed E-state index contributed by atoms with van der Waals surface area (Å²) >= 11 is 3.42. The van der Waals surface area contributed by atoms with Gasteiger partial charge in [-0.3, -0.25) is 0 Å². The molecule has 4 nitrogen and oxygen atoms in total. The minimum Gasteiger partial charge on any atom is -0.383 e. The lowest BCUT2D eigenvalue weighted by atomic mass is 9.97. The van der Waals surface area contributed by atoms with Gasteiger partial charge < -0.3 is 15.0 Å². The summed E-state index contributed by atoms with van der Waals surface area (Å²) in [4.78, 5) is 6.83. The molecule has 5 heteroatoms. The monoisotopic (exact) mass is 327 g/mol. The highest BCUT2D eigenvalue weighted by Crippen LogP contribution is 2.22. The average molecular weight is 328 g/mol. The molecule has 0 unspecified atom stereocenters. The number of halogens is 1. The summed E-state index contributed by atoms with van der Waals surface area (Å²) in [7, 11) is 1.74. The topological polar surface area (TPSA) is 37.4 Å². The van der Waals surface area contributed by atoms with Crippen molar-refractivity contribution in [3.63, 3.8) is 0 Å². The Morgan fingerprint density at radius 1 is 1.42 bits per heavy atom. The molecule has 1 aromatic rings.